The highest BCUT2D eigenvalue weighted by atomic mass is 31.2. The fraction of sp³-hybridized carbons (Fsp3) is 0.571. The molecule has 138 valence electrons. The molecule has 0 heterocycles. The number of nitrogens with zero attached hydrogens (tertiary/aromatic N) is 1. The van der Waals surface area contributed by atoms with Crippen molar-refractivity contribution in [2.24, 2.45) is 0 Å². The number of hydrogen-bond acceptors (Lipinski definition) is 5. The smallest absolute Gasteiger partial charge is 0.470 e. The van der Waals surface area contributed by atoms with Crippen LogP contribution in [-0.4, -0.2) is 71.2 Å². The van der Waals surface area contributed by atoms with E-state index in [0.717, 1.165) is 12.2 Å². The van der Waals surface area contributed by atoms with Gasteiger partial charge in [0.25, 0.3) is 0 Å². The number of aliphatic carboxylic acids is 1. The van der Waals surface area contributed by atoms with Crippen LogP contribution in [0.1, 0.15) is 13.3 Å². The number of ether oxygens (including phenoxy) is 1. The van der Waals surface area contributed by atoms with Crippen molar-refractivity contribution < 1.29 is 42.8 Å². The largest absolute Gasteiger partial charge is 0.478 e. The highest BCUT2D eigenvalue weighted by Gasteiger charge is 2.41. The molecule has 0 rings (SSSR count). The molecule has 0 radical (unpaired) electrons. The van der Waals surface area contributed by atoms with Crippen molar-refractivity contribution in [3.05, 3.63) is 24.3 Å². The van der Waals surface area contributed by atoms with Crippen molar-refractivity contribution in [2.45, 2.75) is 18.9 Å². The van der Waals surface area contributed by atoms with Crippen LogP contribution in [-0.2, 0) is 23.4 Å². The topological polar surface area (TPSA) is 130 Å². The van der Waals surface area contributed by atoms with Crippen LogP contribution in [0.25, 0.3) is 0 Å². The minimum atomic E-state index is -4.93. The highest BCUT2D eigenvalue weighted by molar-refractivity contribution is 7.46. The standard InChI is InChI=1S/C14H24NO8P/c1-11(2)13(18)22-9-8-14(7-6-12(16)17,10-15(3,4)5)23-24(19,20)21/h6-7H,1,8-10H2,2-5H3,(H2-,16,17,19,20,21)/p+1. The summed E-state index contributed by atoms with van der Waals surface area (Å²) in [6, 6.07) is 0. The Morgan fingerprint density at radius 3 is 2.21 bits per heavy atom. The van der Waals surface area contributed by atoms with Crippen molar-refractivity contribution in [3.63, 3.8) is 0 Å². The number of esters is 1. The van der Waals surface area contributed by atoms with Gasteiger partial charge in [0.05, 0.1) is 27.7 Å². The SMILES string of the molecule is C=C(C)C(=O)OCCC(C=CC(=O)O)(C[N+](C)(C)C)OP(=O)(O)O. The molecule has 24 heavy (non-hydrogen) atoms. The van der Waals surface area contributed by atoms with E-state index in [-0.39, 0.29) is 29.6 Å². The quantitative estimate of drug-likeness (QED) is 0.223. The van der Waals surface area contributed by atoms with Gasteiger partial charge in [-0.15, -0.1) is 0 Å². The summed E-state index contributed by atoms with van der Waals surface area (Å²) in [5, 5.41) is 8.82. The molecule has 0 aromatic heterocycles. The molecule has 0 aliphatic rings. The second kappa shape index (κ2) is 8.55. The van der Waals surface area contributed by atoms with E-state index in [1.807, 2.05) is 0 Å². The van der Waals surface area contributed by atoms with Gasteiger partial charge in [0.15, 0.2) is 5.60 Å². The van der Waals surface area contributed by atoms with Gasteiger partial charge in [-0.3, -0.25) is 4.52 Å². The molecule has 0 aromatic carbocycles. The molecule has 0 aromatic rings. The number of hydrogen-bond donors (Lipinski definition) is 3. The number of rotatable bonds is 10. The molecule has 0 spiro atoms. The molecule has 9 nitrogen and oxygen atoms in total. The first-order valence-electron chi connectivity index (χ1n) is 6.97. The summed E-state index contributed by atoms with van der Waals surface area (Å²) >= 11 is 0. The maximum absolute atomic E-state index is 11.4. The average molecular weight is 366 g/mol. The number of phosphoric acid groups is 1. The van der Waals surface area contributed by atoms with E-state index in [4.69, 9.17) is 14.4 Å². The minimum absolute atomic E-state index is 0.0342. The second-order valence-electron chi connectivity index (χ2n) is 6.43. The molecule has 0 saturated heterocycles. The zero-order valence-corrected chi connectivity index (χ0v) is 15.2. The summed E-state index contributed by atoms with van der Waals surface area (Å²) in [5.41, 5.74) is -1.46. The van der Waals surface area contributed by atoms with Crippen molar-refractivity contribution in [3.8, 4) is 0 Å². The van der Waals surface area contributed by atoms with Crippen LogP contribution in [0.4, 0.5) is 0 Å². The number of carboxylic acid groups (broad SMARTS) is 1. The summed E-state index contributed by atoms with van der Waals surface area (Å²) in [6.07, 6.45) is 1.66. The molecule has 1 unspecified atom stereocenters. The lowest BCUT2D eigenvalue weighted by Gasteiger charge is -2.37. The Balaban J connectivity index is 5.53. The first-order valence-corrected chi connectivity index (χ1v) is 8.50. The second-order valence-corrected chi connectivity index (χ2v) is 7.60. The first-order chi connectivity index (χ1) is 10.7. The van der Waals surface area contributed by atoms with Crippen molar-refractivity contribution >= 4 is 19.8 Å². The molecule has 0 aliphatic carbocycles. The Morgan fingerprint density at radius 2 is 1.83 bits per heavy atom. The van der Waals surface area contributed by atoms with Gasteiger partial charge in [0, 0.05) is 18.1 Å². The van der Waals surface area contributed by atoms with E-state index in [9.17, 15) is 23.9 Å². The van der Waals surface area contributed by atoms with Crippen LogP contribution in [0, 0.1) is 0 Å². The number of carbonyl (C=O) groups is 2. The van der Waals surface area contributed by atoms with Crippen molar-refractivity contribution in [1.82, 2.24) is 0 Å². The van der Waals surface area contributed by atoms with Crippen LogP contribution in [0.15, 0.2) is 24.3 Å². The lowest BCUT2D eigenvalue weighted by atomic mass is 9.98. The fourth-order valence-electron chi connectivity index (χ4n) is 2.02. The lowest BCUT2D eigenvalue weighted by molar-refractivity contribution is -0.875. The molecule has 0 saturated carbocycles. The van der Waals surface area contributed by atoms with E-state index in [2.05, 4.69) is 6.58 Å². The van der Waals surface area contributed by atoms with Crippen molar-refractivity contribution in [2.75, 3.05) is 34.3 Å². The Labute approximate surface area is 141 Å². The number of phosphoric ester groups is 1. The predicted octanol–water partition coefficient (Wildman–Crippen LogP) is 0.691. The van der Waals surface area contributed by atoms with Gasteiger partial charge in [-0.05, 0) is 13.0 Å². The van der Waals surface area contributed by atoms with E-state index in [1.54, 1.807) is 21.1 Å². The maximum atomic E-state index is 11.4. The van der Waals surface area contributed by atoms with Gasteiger partial charge < -0.3 is 24.1 Å². The van der Waals surface area contributed by atoms with Crippen LogP contribution in [0.2, 0.25) is 0 Å². The summed E-state index contributed by atoms with van der Waals surface area (Å²) in [4.78, 5) is 40.6. The van der Waals surface area contributed by atoms with Gasteiger partial charge in [-0.1, -0.05) is 6.58 Å². The molecule has 1 atom stereocenters. The van der Waals surface area contributed by atoms with E-state index >= 15 is 0 Å². The van der Waals surface area contributed by atoms with Gasteiger partial charge in [-0.2, -0.15) is 0 Å². The maximum Gasteiger partial charge on any atom is 0.470 e. The van der Waals surface area contributed by atoms with E-state index in [0.29, 0.717) is 0 Å². The first kappa shape index (κ1) is 22.5. The molecular formula is C14H25NO8P+. The molecule has 0 bridgehead atoms. The lowest BCUT2D eigenvalue weighted by Crippen LogP contribution is -2.50. The molecule has 0 fully saturated rings. The fourth-order valence-corrected chi connectivity index (χ4v) is 2.71. The zero-order valence-electron chi connectivity index (χ0n) is 14.3. The van der Waals surface area contributed by atoms with Gasteiger partial charge in [-0.25, -0.2) is 14.2 Å². The molecule has 3 N–H and O–H groups in total. The number of likely N-dealkylation sites (N-methyl/N-ethyl adjacent to an activating group) is 1. The number of carbonyl (C=O) groups excluding carboxylic acids is 1. The van der Waals surface area contributed by atoms with Crippen LogP contribution in [0.5, 0.6) is 0 Å². The highest BCUT2D eigenvalue weighted by Crippen LogP contribution is 2.44. The third-order valence-electron chi connectivity index (χ3n) is 2.68. The van der Waals surface area contributed by atoms with E-state index < -0.39 is 25.4 Å². The Kier molecular flexibility index (Phi) is 8.01. The summed E-state index contributed by atoms with van der Waals surface area (Å²) in [7, 11) is 0.299. The molecular weight excluding hydrogens is 341 g/mol. The van der Waals surface area contributed by atoms with Gasteiger partial charge in [0.2, 0.25) is 0 Å². The van der Waals surface area contributed by atoms with Crippen LogP contribution < -0.4 is 0 Å². The zero-order chi connectivity index (χ0) is 19.2. The van der Waals surface area contributed by atoms with Crippen LogP contribution in [0.3, 0.4) is 0 Å². The van der Waals surface area contributed by atoms with Crippen molar-refractivity contribution in [1.29, 1.82) is 0 Å². The van der Waals surface area contributed by atoms with Crippen LogP contribution >= 0.6 is 7.82 Å². The van der Waals surface area contributed by atoms with Gasteiger partial charge >= 0.3 is 19.8 Å². The third kappa shape index (κ3) is 10.3. The van der Waals surface area contributed by atoms with E-state index in [1.165, 1.54) is 6.92 Å². The number of carboxylic acids is 1. The average Bonchev–Trinajstić information content (AvgIpc) is 2.32. The number of quaternary nitrogens is 1. The van der Waals surface area contributed by atoms with Gasteiger partial charge in [0.1, 0.15) is 6.54 Å². The molecule has 0 aliphatic heterocycles. The molecule has 0 amide bonds. The Bertz CT molecular complexity index is 560. The monoisotopic (exact) mass is 366 g/mol. The summed E-state index contributed by atoms with van der Waals surface area (Å²) in [5.74, 6) is -1.96. The normalized spacial score (nSPS) is 15.1. The summed E-state index contributed by atoms with van der Waals surface area (Å²) in [6.45, 7) is 4.69. The Morgan fingerprint density at radius 1 is 1.29 bits per heavy atom. The predicted molar refractivity (Wildman–Crippen MR) is 85.9 cm³/mol. The third-order valence-corrected chi connectivity index (χ3v) is 3.28. The minimum Gasteiger partial charge on any atom is -0.478 e. The Hall–Kier alpha value is -1.51. The summed E-state index contributed by atoms with van der Waals surface area (Å²) < 4.78 is 21.4. The molecule has 10 heteroatoms.